The quantitative estimate of drug-likeness (QED) is 0.0397. The van der Waals surface area contributed by atoms with Crippen LogP contribution in [-0.2, 0) is 19.1 Å². The molecule has 288 valence electrons. The molecule has 0 saturated heterocycles. The predicted molar refractivity (Wildman–Crippen MR) is 214 cm³/mol. The molecule has 1 N–H and O–H groups in total. The highest BCUT2D eigenvalue weighted by Crippen LogP contribution is 2.15. The van der Waals surface area contributed by atoms with E-state index in [0.29, 0.717) is 12.8 Å². The van der Waals surface area contributed by atoms with E-state index in [1.807, 2.05) is 0 Å². The topological polar surface area (TPSA) is 72.8 Å². The number of carbonyl (C=O) groups is 2. The molecule has 0 aliphatic carbocycles. The molecule has 0 unspecified atom stereocenters. The van der Waals surface area contributed by atoms with Crippen molar-refractivity contribution in [3.63, 3.8) is 0 Å². The van der Waals surface area contributed by atoms with E-state index in [0.717, 1.165) is 57.8 Å². The van der Waals surface area contributed by atoms with E-state index in [9.17, 15) is 14.7 Å². The molecule has 0 aromatic carbocycles. The van der Waals surface area contributed by atoms with Crippen molar-refractivity contribution in [2.24, 2.45) is 0 Å². The van der Waals surface area contributed by atoms with Crippen molar-refractivity contribution >= 4 is 11.9 Å². The highest BCUT2D eigenvalue weighted by atomic mass is 16.6. The third-order valence-electron chi connectivity index (χ3n) is 8.83. The first-order chi connectivity index (χ1) is 24.6. The molecule has 5 heteroatoms. The molecule has 5 nitrogen and oxygen atoms in total. The second-order valence-electron chi connectivity index (χ2n) is 13.7. The minimum absolute atomic E-state index is 0.0883. The van der Waals surface area contributed by atoms with Crippen molar-refractivity contribution in [1.82, 2.24) is 0 Å². The predicted octanol–water partition coefficient (Wildman–Crippen LogP) is 13.2. The number of hydrogen-bond acceptors (Lipinski definition) is 5. The van der Waals surface area contributed by atoms with Crippen LogP contribution in [0.5, 0.6) is 0 Å². The Morgan fingerprint density at radius 1 is 0.480 bits per heavy atom. The minimum Gasteiger partial charge on any atom is -0.462 e. The molecule has 0 rings (SSSR count). The lowest BCUT2D eigenvalue weighted by molar-refractivity contribution is -0.161. The Kier molecular flexibility index (Phi) is 39.1. The Morgan fingerprint density at radius 3 is 1.28 bits per heavy atom. The number of ether oxygens (including phenoxy) is 2. The van der Waals surface area contributed by atoms with Crippen LogP contribution in [0, 0.1) is 0 Å². The Labute approximate surface area is 309 Å². The van der Waals surface area contributed by atoms with Crippen LogP contribution >= 0.6 is 0 Å². The van der Waals surface area contributed by atoms with E-state index < -0.39 is 6.10 Å². The van der Waals surface area contributed by atoms with Crippen LogP contribution in [0.2, 0.25) is 0 Å². The van der Waals surface area contributed by atoms with Gasteiger partial charge in [0.2, 0.25) is 0 Å². The van der Waals surface area contributed by atoms with Crippen LogP contribution in [0.3, 0.4) is 0 Å². The van der Waals surface area contributed by atoms with Crippen LogP contribution in [0.15, 0.2) is 60.8 Å². The summed E-state index contributed by atoms with van der Waals surface area (Å²) in [6.45, 7) is 3.98. The third-order valence-corrected chi connectivity index (χ3v) is 8.83. The van der Waals surface area contributed by atoms with E-state index in [2.05, 4.69) is 74.6 Å². The number of aliphatic hydroxyl groups is 1. The van der Waals surface area contributed by atoms with E-state index in [4.69, 9.17) is 9.47 Å². The number of allylic oxidation sites excluding steroid dienone is 10. The molecule has 50 heavy (non-hydrogen) atoms. The maximum atomic E-state index is 12.2. The van der Waals surface area contributed by atoms with Crippen molar-refractivity contribution in [3.05, 3.63) is 60.8 Å². The van der Waals surface area contributed by atoms with Gasteiger partial charge in [0, 0.05) is 12.8 Å². The van der Waals surface area contributed by atoms with E-state index in [1.54, 1.807) is 0 Å². The van der Waals surface area contributed by atoms with Crippen LogP contribution in [0.4, 0.5) is 0 Å². The van der Waals surface area contributed by atoms with Gasteiger partial charge in [-0.25, -0.2) is 0 Å². The van der Waals surface area contributed by atoms with Crippen LogP contribution in [-0.4, -0.2) is 36.4 Å². The van der Waals surface area contributed by atoms with E-state index in [1.165, 1.54) is 103 Å². The molecule has 0 saturated carbocycles. The molecular formula is C45H78O5. The lowest BCUT2D eigenvalue weighted by atomic mass is 10.0. The first-order valence-electron chi connectivity index (χ1n) is 20.8. The van der Waals surface area contributed by atoms with Gasteiger partial charge in [0.15, 0.2) is 6.10 Å². The number of hydrogen-bond donors (Lipinski definition) is 1. The molecule has 1 atom stereocenters. The van der Waals surface area contributed by atoms with Gasteiger partial charge in [-0.1, -0.05) is 190 Å². The molecular weight excluding hydrogens is 620 g/mol. The van der Waals surface area contributed by atoms with Crippen LogP contribution < -0.4 is 0 Å². The van der Waals surface area contributed by atoms with Gasteiger partial charge in [-0.05, 0) is 51.4 Å². The average Bonchev–Trinajstić information content (AvgIpc) is 3.12. The number of aliphatic hydroxyl groups excluding tert-OH is 1. The molecule has 0 amide bonds. The third kappa shape index (κ3) is 38.4. The maximum Gasteiger partial charge on any atom is 0.306 e. The summed E-state index contributed by atoms with van der Waals surface area (Å²) in [6.07, 6.45) is 52.9. The number of unbranched alkanes of at least 4 members (excludes halogenated alkanes) is 19. The van der Waals surface area contributed by atoms with E-state index in [-0.39, 0.29) is 31.6 Å². The van der Waals surface area contributed by atoms with Gasteiger partial charge < -0.3 is 14.6 Å². The van der Waals surface area contributed by atoms with Crippen LogP contribution in [0.1, 0.15) is 194 Å². The number of carbonyl (C=O) groups excluding carboxylic acids is 2. The number of esters is 2. The van der Waals surface area contributed by atoms with Crippen molar-refractivity contribution in [1.29, 1.82) is 0 Å². The molecule has 0 radical (unpaired) electrons. The fourth-order valence-corrected chi connectivity index (χ4v) is 5.71. The summed E-state index contributed by atoms with van der Waals surface area (Å²) in [5, 5.41) is 9.56. The molecule has 0 spiro atoms. The van der Waals surface area contributed by atoms with Gasteiger partial charge >= 0.3 is 11.9 Å². The van der Waals surface area contributed by atoms with Gasteiger partial charge in [-0.15, -0.1) is 0 Å². The van der Waals surface area contributed by atoms with Crippen molar-refractivity contribution < 1.29 is 24.2 Å². The zero-order valence-electron chi connectivity index (χ0n) is 32.6. The highest BCUT2D eigenvalue weighted by Gasteiger charge is 2.16. The normalized spacial score (nSPS) is 12.8. The fourth-order valence-electron chi connectivity index (χ4n) is 5.71. The molecule has 0 aromatic rings. The monoisotopic (exact) mass is 699 g/mol. The second-order valence-corrected chi connectivity index (χ2v) is 13.7. The van der Waals surface area contributed by atoms with Gasteiger partial charge in [-0.3, -0.25) is 9.59 Å². The van der Waals surface area contributed by atoms with E-state index >= 15 is 0 Å². The average molecular weight is 699 g/mol. The summed E-state index contributed by atoms with van der Waals surface area (Å²) in [4.78, 5) is 24.3. The summed E-state index contributed by atoms with van der Waals surface area (Å²) in [5.41, 5.74) is 0. The Balaban J connectivity index is 3.61. The molecule has 0 aliphatic heterocycles. The van der Waals surface area contributed by atoms with Crippen LogP contribution in [0.25, 0.3) is 0 Å². The lowest BCUT2D eigenvalue weighted by Crippen LogP contribution is -2.28. The first kappa shape index (κ1) is 47.6. The van der Waals surface area contributed by atoms with Crippen molar-refractivity contribution in [2.45, 2.75) is 200 Å². The number of rotatable bonds is 37. The molecule has 0 fully saturated rings. The largest absolute Gasteiger partial charge is 0.462 e. The minimum atomic E-state index is -0.801. The highest BCUT2D eigenvalue weighted by molar-refractivity contribution is 5.70. The Bertz CT molecular complexity index is 884. The summed E-state index contributed by atoms with van der Waals surface area (Å²) < 4.78 is 10.6. The zero-order valence-corrected chi connectivity index (χ0v) is 32.6. The van der Waals surface area contributed by atoms with Gasteiger partial charge in [0.25, 0.3) is 0 Å². The molecule has 0 bridgehead atoms. The standard InChI is InChI=1S/C45H78O5/c1-3-5-7-9-11-13-15-17-19-21-22-24-25-27-29-31-33-35-37-39-44(47)49-42-43(41-46)50-45(48)40-38-36-34-32-30-28-26-23-20-18-16-14-12-10-8-6-4-2/h6,8,12,14,18,20,26,28,32,34,43,46H,3-5,7,9-11,13,15-17,19,21-25,27,29-31,33,35-42H2,1-2H3/b8-6+,14-12+,20-18+,28-26+,34-32+/t43-/m0/s1. The lowest BCUT2D eigenvalue weighted by Gasteiger charge is -2.15. The first-order valence-corrected chi connectivity index (χ1v) is 20.8. The second kappa shape index (κ2) is 41.0. The van der Waals surface area contributed by atoms with Gasteiger partial charge in [0.05, 0.1) is 6.61 Å². The summed E-state index contributed by atoms with van der Waals surface area (Å²) in [7, 11) is 0. The molecule has 0 aliphatic rings. The van der Waals surface area contributed by atoms with Crippen molar-refractivity contribution in [3.8, 4) is 0 Å². The fraction of sp³-hybridized carbons (Fsp3) is 0.733. The molecule has 0 heterocycles. The molecule has 0 aromatic heterocycles. The Hall–Kier alpha value is -2.40. The SMILES string of the molecule is CC/C=C/C/C=C/C/C=C/C/C=C/C/C=C/CCCC(=O)O[C@@H](CO)COC(=O)CCCCCCCCCCCCCCCCCCCCC. The summed E-state index contributed by atoms with van der Waals surface area (Å²) >= 11 is 0. The Morgan fingerprint density at radius 2 is 0.860 bits per heavy atom. The smallest absolute Gasteiger partial charge is 0.306 e. The van der Waals surface area contributed by atoms with Gasteiger partial charge in [0.1, 0.15) is 6.61 Å². The van der Waals surface area contributed by atoms with Gasteiger partial charge in [-0.2, -0.15) is 0 Å². The van der Waals surface area contributed by atoms with Crippen molar-refractivity contribution in [2.75, 3.05) is 13.2 Å². The maximum absolute atomic E-state index is 12.2. The zero-order chi connectivity index (χ0) is 36.4. The summed E-state index contributed by atoms with van der Waals surface area (Å²) in [5.74, 6) is -0.656. The summed E-state index contributed by atoms with van der Waals surface area (Å²) in [6, 6.07) is 0.